The highest BCUT2D eigenvalue weighted by molar-refractivity contribution is 6.30. The van der Waals surface area contributed by atoms with Crippen molar-refractivity contribution < 1.29 is 4.79 Å². The maximum atomic E-state index is 11.7. The minimum absolute atomic E-state index is 0.0397. The number of halogens is 1. The molecule has 0 fully saturated rings. The average Bonchev–Trinajstić information content (AvgIpc) is 2.15. The Morgan fingerprint density at radius 3 is 2.41 bits per heavy atom. The lowest BCUT2D eigenvalue weighted by Gasteiger charge is -2.20. The average molecular weight is 255 g/mol. The highest BCUT2D eigenvalue weighted by Gasteiger charge is 2.18. The highest BCUT2D eigenvalue weighted by atomic mass is 35.5. The van der Waals surface area contributed by atoms with Crippen molar-refractivity contribution in [1.82, 2.24) is 5.32 Å². The van der Waals surface area contributed by atoms with Crippen LogP contribution in [0.25, 0.3) is 0 Å². The zero-order valence-electron chi connectivity index (χ0n) is 10.5. The minimum Gasteiger partial charge on any atom is -0.350 e. The molecule has 3 N–H and O–H groups in total. The summed E-state index contributed by atoms with van der Waals surface area (Å²) >= 11 is 5.81. The predicted molar refractivity (Wildman–Crippen MR) is 70.9 cm³/mol. The zero-order valence-corrected chi connectivity index (χ0v) is 11.2. The van der Waals surface area contributed by atoms with E-state index >= 15 is 0 Å². The third-order valence-corrected chi connectivity index (χ3v) is 2.62. The van der Waals surface area contributed by atoms with Crippen LogP contribution in [0.4, 0.5) is 0 Å². The van der Waals surface area contributed by atoms with E-state index in [1.165, 1.54) is 0 Å². The van der Waals surface area contributed by atoms with Crippen molar-refractivity contribution in [2.24, 2.45) is 5.73 Å². The number of hydrogen-bond donors (Lipinski definition) is 2. The lowest BCUT2D eigenvalue weighted by molar-refractivity contribution is -0.122. The third kappa shape index (κ3) is 5.20. The molecular formula is C13H19ClN2O. The van der Waals surface area contributed by atoms with Crippen LogP contribution in [-0.2, 0) is 4.79 Å². The Bertz CT molecular complexity index is 381. The van der Waals surface area contributed by atoms with Crippen molar-refractivity contribution in [2.75, 3.05) is 0 Å². The molecule has 94 valence electrons. The molecular weight excluding hydrogens is 236 g/mol. The summed E-state index contributed by atoms with van der Waals surface area (Å²) in [7, 11) is 0. The number of rotatable bonds is 4. The molecule has 0 saturated heterocycles. The number of hydrogen-bond acceptors (Lipinski definition) is 2. The first-order valence-corrected chi connectivity index (χ1v) is 5.99. The Morgan fingerprint density at radius 1 is 1.41 bits per heavy atom. The number of carbonyl (C=O) groups is 1. The van der Waals surface area contributed by atoms with E-state index in [-0.39, 0.29) is 11.9 Å². The maximum absolute atomic E-state index is 11.7. The van der Waals surface area contributed by atoms with Crippen LogP contribution >= 0.6 is 11.6 Å². The SMILES string of the molecule is CC(NC(=O)CC(C)(C)N)c1ccc(Cl)cc1. The van der Waals surface area contributed by atoms with E-state index < -0.39 is 5.54 Å². The van der Waals surface area contributed by atoms with Gasteiger partial charge in [0.1, 0.15) is 0 Å². The molecule has 0 saturated carbocycles. The molecule has 1 amide bonds. The van der Waals surface area contributed by atoms with Crippen LogP contribution in [0.3, 0.4) is 0 Å². The fourth-order valence-corrected chi connectivity index (χ4v) is 1.67. The maximum Gasteiger partial charge on any atom is 0.222 e. The Hall–Kier alpha value is -1.06. The first-order chi connectivity index (χ1) is 7.78. The molecule has 0 aliphatic heterocycles. The molecule has 4 heteroatoms. The fourth-order valence-electron chi connectivity index (χ4n) is 1.54. The van der Waals surface area contributed by atoms with E-state index in [2.05, 4.69) is 5.32 Å². The van der Waals surface area contributed by atoms with Gasteiger partial charge in [0.05, 0.1) is 6.04 Å². The topological polar surface area (TPSA) is 55.1 Å². The molecule has 0 aliphatic rings. The molecule has 0 bridgehead atoms. The normalized spacial score (nSPS) is 13.2. The number of amides is 1. The highest BCUT2D eigenvalue weighted by Crippen LogP contribution is 2.16. The van der Waals surface area contributed by atoms with Gasteiger partial charge in [-0.15, -0.1) is 0 Å². The number of nitrogens with one attached hydrogen (secondary N) is 1. The number of nitrogens with two attached hydrogens (primary N) is 1. The van der Waals surface area contributed by atoms with Gasteiger partial charge in [0, 0.05) is 17.0 Å². The van der Waals surface area contributed by atoms with E-state index in [1.807, 2.05) is 45.0 Å². The molecule has 1 aromatic carbocycles. The summed E-state index contributed by atoms with van der Waals surface area (Å²) in [5, 5.41) is 3.60. The van der Waals surface area contributed by atoms with Crippen LogP contribution in [0, 0.1) is 0 Å². The molecule has 1 rings (SSSR count). The molecule has 1 unspecified atom stereocenters. The molecule has 17 heavy (non-hydrogen) atoms. The van der Waals surface area contributed by atoms with Gasteiger partial charge in [-0.2, -0.15) is 0 Å². The third-order valence-electron chi connectivity index (χ3n) is 2.36. The van der Waals surface area contributed by atoms with E-state index in [0.29, 0.717) is 11.4 Å². The summed E-state index contributed by atoms with van der Waals surface area (Å²) in [6.07, 6.45) is 0.310. The zero-order chi connectivity index (χ0) is 13.1. The molecule has 1 atom stereocenters. The second-order valence-corrected chi connectivity index (χ2v) is 5.44. The van der Waals surface area contributed by atoms with E-state index in [1.54, 1.807) is 0 Å². The summed E-state index contributed by atoms with van der Waals surface area (Å²) in [5.41, 5.74) is 6.34. The van der Waals surface area contributed by atoms with Gasteiger partial charge in [-0.1, -0.05) is 23.7 Å². The lowest BCUT2D eigenvalue weighted by Crippen LogP contribution is -2.39. The molecule has 0 aliphatic carbocycles. The standard InChI is InChI=1S/C13H19ClN2O/c1-9(10-4-6-11(14)7-5-10)16-12(17)8-13(2,3)15/h4-7,9H,8,15H2,1-3H3,(H,16,17). The molecule has 1 aromatic rings. The van der Waals surface area contributed by atoms with E-state index in [4.69, 9.17) is 17.3 Å². The van der Waals surface area contributed by atoms with Crippen LogP contribution in [0.2, 0.25) is 5.02 Å². The summed E-state index contributed by atoms with van der Waals surface area (Å²) in [4.78, 5) is 11.7. The number of benzene rings is 1. The van der Waals surface area contributed by atoms with Crippen LogP contribution in [0.1, 0.15) is 38.8 Å². The summed E-state index contributed by atoms with van der Waals surface area (Å²) < 4.78 is 0. The molecule has 0 spiro atoms. The van der Waals surface area contributed by atoms with Crippen LogP contribution < -0.4 is 11.1 Å². The van der Waals surface area contributed by atoms with Gasteiger partial charge in [-0.05, 0) is 38.5 Å². The van der Waals surface area contributed by atoms with Gasteiger partial charge in [0.15, 0.2) is 0 Å². The second kappa shape index (κ2) is 5.52. The van der Waals surface area contributed by atoms with Crippen molar-refractivity contribution in [3.05, 3.63) is 34.9 Å². The van der Waals surface area contributed by atoms with Crippen molar-refractivity contribution in [3.63, 3.8) is 0 Å². The van der Waals surface area contributed by atoms with Gasteiger partial charge in [0.25, 0.3) is 0 Å². The molecule has 3 nitrogen and oxygen atoms in total. The Kier molecular flexibility index (Phi) is 4.54. The second-order valence-electron chi connectivity index (χ2n) is 5.01. The Labute approximate surface area is 107 Å². The van der Waals surface area contributed by atoms with Gasteiger partial charge in [0.2, 0.25) is 5.91 Å². The van der Waals surface area contributed by atoms with E-state index in [9.17, 15) is 4.79 Å². The fraction of sp³-hybridized carbons (Fsp3) is 0.462. The summed E-state index contributed by atoms with van der Waals surface area (Å²) in [5.74, 6) is -0.0417. The summed E-state index contributed by atoms with van der Waals surface area (Å²) in [6.45, 7) is 5.60. The van der Waals surface area contributed by atoms with Gasteiger partial charge >= 0.3 is 0 Å². The van der Waals surface area contributed by atoms with Crippen molar-refractivity contribution >= 4 is 17.5 Å². The van der Waals surface area contributed by atoms with Crippen LogP contribution in [0.5, 0.6) is 0 Å². The first-order valence-electron chi connectivity index (χ1n) is 5.61. The van der Waals surface area contributed by atoms with Crippen LogP contribution in [-0.4, -0.2) is 11.4 Å². The Morgan fingerprint density at radius 2 is 1.94 bits per heavy atom. The molecule has 0 radical (unpaired) electrons. The minimum atomic E-state index is -0.482. The quantitative estimate of drug-likeness (QED) is 0.868. The Balaban J connectivity index is 2.57. The lowest BCUT2D eigenvalue weighted by atomic mass is 10.0. The number of carbonyl (C=O) groups excluding carboxylic acids is 1. The van der Waals surface area contributed by atoms with Gasteiger partial charge in [-0.3, -0.25) is 4.79 Å². The summed E-state index contributed by atoms with van der Waals surface area (Å²) in [6, 6.07) is 7.39. The largest absolute Gasteiger partial charge is 0.350 e. The van der Waals surface area contributed by atoms with Crippen molar-refractivity contribution in [1.29, 1.82) is 0 Å². The first kappa shape index (κ1) is 14.0. The monoisotopic (exact) mass is 254 g/mol. The predicted octanol–water partition coefficient (Wildman–Crippen LogP) is 2.64. The van der Waals surface area contributed by atoms with Gasteiger partial charge in [-0.25, -0.2) is 0 Å². The van der Waals surface area contributed by atoms with Crippen molar-refractivity contribution in [3.8, 4) is 0 Å². The van der Waals surface area contributed by atoms with Crippen molar-refractivity contribution in [2.45, 2.75) is 38.8 Å². The smallest absolute Gasteiger partial charge is 0.222 e. The van der Waals surface area contributed by atoms with E-state index in [0.717, 1.165) is 5.56 Å². The molecule has 0 heterocycles. The molecule has 0 aromatic heterocycles. The van der Waals surface area contributed by atoms with Crippen LogP contribution in [0.15, 0.2) is 24.3 Å². The van der Waals surface area contributed by atoms with Gasteiger partial charge < -0.3 is 11.1 Å².